The van der Waals surface area contributed by atoms with Crippen LogP contribution in [0.3, 0.4) is 0 Å². The first-order valence-corrected chi connectivity index (χ1v) is 7.59. The molecule has 1 aliphatic rings. The topological polar surface area (TPSA) is 57.5 Å². The number of benzene rings is 1. The molecule has 0 N–H and O–H groups in total. The highest BCUT2D eigenvalue weighted by molar-refractivity contribution is 5.94. The molecule has 0 saturated heterocycles. The Morgan fingerprint density at radius 2 is 1.96 bits per heavy atom. The number of hydrogen-bond donors (Lipinski definition) is 0. The fourth-order valence-corrected chi connectivity index (χ4v) is 3.07. The maximum Gasteiger partial charge on any atom is 0.356 e. The predicted molar refractivity (Wildman–Crippen MR) is 84.3 cm³/mol. The number of fused-ring (bicyclic) bond motifs is 1. The van der Waals surface area contributed by atoms with Crippen LogP contribution in [0.25, 0.3) is 0 Å². The Morgan fingerprint density at radius 1 is 1.26 bits per heavy atom. The Labute approximate surface area is 134 Å². The van der Waals surface area contributed by atoms with E-state index in [1.54, 1.807) is 0 Å². The molecule has 0 amide bonds. The van der Waals surface area contributed by atoms with Gasteiger partial charge in [-0.3, -0.25) is 0 Å². The van der Waals surface area contributed by atoms with Gasteiger partial charge in [0.15, 0.2) is 0 Å². The van der Waals surface area contributed by atoms with Crippen LogP contribution in [0.2, 0.25) is 0 Å². The van der Waals surface area contributed by atoms with Crippen molar-refractivity contribution in [3.63, 3.8) is 0 Å². The van der Waals surface area contributed by atoms with Crippen molar-refractivity contribution in [2.45, 2.75) is 31.9 Å². The molecule has 23 heavy (non-hydrogen) atoms. The molecule has 2 heterocycles. The molecule has 1 aliphatic heterocycles. The van der Waals surface area contributed by atoms with Gasteiger partial charge in [0.1, 0.15) is 5.69 Å². The van der Waals surface area contributed by atoms with Gasteiger partial charge in [0, 0.05) is 12.1 Å². The van der Waals surface area contributed by atoms with Gasteiger partial charge < -0.3 is 14.0 Å². The summed E-state index contributed by atoms with van der Waals surface area (Å²) in [6, 6.07) is 11.8. The van der Waals surface area contributed by atoms with Gasteiger partial charge in [0.25, 0.3) is 0 Å². The molecule has 2 aromatic rings. The summed E-state index contributed by atoms with van der Waals surface area (Å²) in [4.78, 5) is 24.2. The largest absolute Gasteiger partial charge is 0.466 e. The summed E-state index contributed by atoms with van der Waals surface area (Å²) in [6.45, 7) is 3.89. The van der Waals surface area contributed by atoms with Crippen LogP contribution < -0.4 is 0 Å². The maximum absolute atomic E-state index is 12.4. The van der Waals surface area contributed by atoms with Gasteiger partial charge >= 0.3 is 11.9 Å². The lowest BCUT2D eigenvalue weighted by atomic mass is 9.92. The molecular formula is C18H19NO4. The third kappa shape index (κ3) is 2.52. The summed E-state index contributed by atoms with van der Waals surface area (Å²) in [5.41, 5.74) is 2.43. The number of carbonyl (C=O) groups excluding carboxylic acids is 2. The van der Waals surface area contributed by atoms with Gasteiger partial charge in [-0.05, 0) is 24.1 Å². The Morgan fingerprint density at radius 3 is 2.61 bits per heavy atom. The van der Waals surface area contributed by atoms with Gasteiger partial charge in [-0.25, -0.2) is 9.59 Å². The monoisotopic (exact) mass is 313 g/mol. The van der Waals surface area contributed by atoms with E-state index in [9.17, 15) is 9.59 Å². The molecule has 0 spiro atoms. The van der Waals surface area contributed by atoms with E-state index in [1.165, 1.54) is 7.11 Å². The highest BCUT2D eigenvalue weighted by Crippen LogP contribution is 2.35. The molecule has 1 aromatic carbocycles. The lowest BCUT2D eigenvalue weighted by Crippen LogP contribution is -2.38. The Balaban J connectivity index is 2.00. The van der Waals surface area contributed by atoms with Crippen molar-refractivity contribution < 1.29 is 19.1 Å². The van der Waals surface area contributed by atoms with Crippen molar-refractivity contribution in [3.05, 3.63) is 59.4 Å². The summed E-state index contributed by atoms with van der Waals surface area (Å²) in [7, 11) is 1.29. The fraction of sp³-hybridized carbons (Fsp3) is 0.333. The number of hydrogen-bond acceptors (Lipinski definition) is 4. The molecule has 120 valence electrons. The Hall–Kier alpha value is -2.56. The van der Waals surface area contributed by atoms with Crippen molar-refractivity contribution in [3.8, 4) is 0 Å². The van der Waals surface area contributed by atoms with Crippen LogP contribution in [-0.4, -0.2) is 29.7 Å². The average Bonchev–Trinajstić information content (AvgIpc) is 3.03. The summed E-state index contributed by atoms with van der Waals surface area (Å²) in [6.07, 6.45) is 0.989. The van der Waals surface area contributed by atoms with Crippen molar-refractivity contribution >= 4 is 11.9 Å². The van der Waals surface area contributed by atoms with Crippen LogP contribution in [0.1, 0.15) is 47.4 Å². The van der Waals surface area contributed by atoms with Gasteiger partial charge in [-0.2, -0.15) is 0 Å². The second-order valence-electron chi connectivity index (χ2n) is 5.75. The van der Waals surface area contributed by atoms with Crippen LogP contribution in [0.15, 0.2) is 42.6 Å². The lowest BCUT2D eigenvalue weighted by molar-refractivity contribution is -0.152. The molecule has 5 nitrogen and oxygen atoms in total. The van der Waals surface area contributed by atoms with Crippen molar-refractivity contribution in [2.75, 3.05) is 7.11 Å². The zero-order valence-corrected chi connectivity index (χ0v) is 13.4. The first-order chi connectivity index (χ1) is 11.0. The van der Waals surface area contributed by atoms with Crippen molar-refractivity contribution in [2.24, 2.45) is 0 Å². The molecular weight excluding hydrogens is 294 g/mol. The third-order valence-electron chi connectivity index (χ3n) is 4.45. The lowest BCUT2D eigenvalue weighted by Gasteiger charge is -2.28. The van der Waals surface area contributed by atoms with Crippen LogP contribution in [0.4, 0.5) is 0 Å². The maximum atomic E-state index is 12.4. The molecule has 5 heteroatoms. The summed E-state index contributed by atoms with van der Waals surface area (Å²) in [5, 5.41) is 0. The minimum absolute atomic E-state index is 0.00521. The number of esters is 2. The standard InChI is InChI=1S/C18H19NO4/c1-11-14-9-10-19(12(2)13-7-5-4-6-8-13)15(14)17(20)23-16(11)18(21)22-3/h4-12,16H,1-3H3/t11?,12-,16?/m1/s1. The van der Waals surface area contributed by atoms with Crippen LogP contribution >= 0.6 is 0 Å². The van der Waals surface area contributed by atoms with Gasteiger partial charge in [0.2, 0.25) is 6.10 Å². The van der Waals surface area contributed by atoms with Crippen LogP contribution in [0.5, 0.6) is 0 Å². The molecule has 0 fully saturated rings. The zero-order chi connectivity index (χ0) is 16.6. The van der Waals surface area contributed by atoms with E-state index in [-0.39, 0.29) is 12.0 Å². The van der Waals surface area contributed by atoms with E-state index in [2.05, 4.69) is 0 Å². The second kappa shape index (κ2) is 5.91. The van der Waals surface area contributed by atoms with Gasteiger partial charge in [-0.15, -0.1) is 0 Å². The number of methoxy groups -OCH3 is 1. The third-order valence-corrected chi connectivity index (χ3v) is 4.45. The number of nitrogens with zero attached hydrogens (tertiary/aromatic N) is 1. The molecule has 2 unspecified atom stereocenters. The number of aromatic nitrogens is 1. The highest BCUT2D eigenvalue weighted by Gasteiger charge is 2.40. The zero-order valence-electron chi connectivity index (χ0n) is 13.4. The summed E-state index contributed by atoms with van der Waals surface area (Å²) < 4.78 is 12.0. The van der Waals surface area contributed by atoms with Crippen LogP contribution in [0, 0.1) is 0 Å². The van der Waals surface area contributed by atoms with E-state index in [0.717, 1.165) is 11.1 Å². The summed E-state index contributed by atoms with van der Waals surface area (Å²) >= 11 is 0. The van der Waals surface area contributed by atoms with E-state index in [1.807, 2.05) is 61.0 Å². The molecule has 1 aromatic heterocycles. The van der Waals surface area contributed by atoms with Gasteiger partial charge in [0.05, 0.1) is 13.2 Å². The smallest absolute Gasteiger partial charge is 0.356 e. The molecule has 0 aliphatic carbocycles. The first kappa shape index (κ1) is 15.3. The molecule has 0 radical (unpaired) electrons. The molecule has 3 atom stereocenters. The van der Waals surface area contributed by atoms with E-state index in [4.69, 9.17) is 9.47 Å². The number of carbonyl (C=O) groups is 2. The fourth-order valence-electron chi connectivity index (χ4n) is 3.07. The quantitative estimate of drug-likeness (QED) is 0.818. The summed E-state index contributed by atoms with van der Waals surface area (Å²) in [5.74, 6) is -1.25. The highest BCUT2D eigenvalue weighted by atomic mass is 16.6. The number of rotatable bonds is 3. The Bertz CT molecular complexity index is 735. The van der Waals surface area contributed by atoms with E-state index in [0.29, 0.717) is 5.69 Å². The predicted octanol–water partition coefficient (Wildman–Crippen LogP) is 2.91. The van der Waals surface area contributed by atoms with Crippen LogP contribution in [-0.2, 0) is 14.3 Å². The minimum Gasteiger partial charge on any atom is -0.466 e. The Kier molecular flexibility index (Phi) is 3.94. The van der Waals surface area contributed by atoms with Gasteiger partial charge in [-0.1, -0.05) is 37.3 Å². The van der Waals surface area contributed by atoms with Crippen molar-refractivity contribution in [1.29, 1.82) is 0 Å². The molecule has 3 rings (SSSR count). The van der Waals surface area contributed by atoms with E-state index >= 15 is 0 Å². The SMILES string of the molecule is COC(=O)C1OC(=O)c2c(ccn2[C@H](C)c2ccccc2)C1C. The number of cyclic esters (lactones) is 1. The first-order valence-electron chi connectivity index (χ1n) is 7.59. The number of ether oxygens (including phenoxy) is 2. The van der Waals surface area contributed by atoms with Crippen molar-refractivity contribution in [1.82, 2.24) is 4.57 Å². The molecule has 0 saturated carbocycles. The molecule has 0 bridgehead atoms. The average molecular weight is 313 g/mol. The normalized spacial score (nSPS) is 21.3. The second-order valence-corrected chi connectivity index (χ2v) is 5.75. The minimum atomic E-state index is -0.886. The van der Waals surface area contributed by atoms with E-state index < -0.39 is 18.0 Å².